The van der Waals surface area contributed by atoms with Crippen LogP contribution in [0.5, 0.6) is 28.7 Å². The number of esters is 1. The molecule has 1 spiro atoms. The first-order valence-electron chi connectivity index (χ1n) is 30.0. The smallest absolute Gasteiger partial charge is 0.340 e. The van der Waals surface area contributed by atoms with Crippen LogP contribution in [0.2, 0.25) is 0 Å². The number of aliphatic hydroxyl groups is 1. The van der Waals surface area contributed by atoms with E-state index in [-0.39, 0.29) is 114 Å². The third-order valence-electron chi connectivity index (χ3n) is 16.1. The van der Waals surface area contributed by atoms with E-state index in [0.29, 0.717) is 5.56 Å². The molecule has 1 saturated heterocycles. The lowest BCUT2D eigenvalue weighted by atomic mass is 9.75. The van der Waals surface area contributed by atoms with Gasteiger partial charge in [0.2, 0.25) is 59.1 Å². The van der Waals surface area contributed by atoms with Crippen molar-refractivity contribution in [3.8, 4) is 28.7 Å². The zero-order valence-corrected chi connectivity index (χ0v) is 53.1. The molecule has 32 heteroatoms. The maximum Gasteiger partial charge on any atom is 0.340 e. The Kier molecular flexibility index (Phi) is 24.3. The number of aromatic hydroxyl groups is 3. The van der Waals surface area contributed by atoms with E-state index in [4.69, 9.17) is 26.7 Å². The van der Waals surface area contributed by atoms with Gasteiger partial charge in [-0.25, -0.2) is 4.79 Å². The molecule has 30 nitrogen and oxygen atoms in total. The highest BCUT2D eigenvalue weighted by molar-refractivity contribution is 7.80. The summed E-state index contributed by atoms with van der Waals surface area (Å²) in [6.45, 7) is 3.66. The van der Waals surface area contributed by atoms with Crippen LogP contribution in [0.15, 0.2) is 78.9 Å². The summed E-state index contributed by atoms with van der Waals surface area (Å²) in [5.41, 5.74) is 16.1. The molecule has 0 aliphatic carbocycles. The number of primary amides is 2. The summed E-state index contributed by atoms with van der Waals surface area (Å²) in [7, 11) is 0. The minimum atomic E-state index is -1.86. The normalized spacial score (nSPS) is 16.9. The van der Waals surface area contributed by atoms with E-state index in [1.165, 1.54) is 78.9 Å². The molecule has 3 heterocycles. The lowest BCUT2D eigenvalue weighted by molar-refractivity contribution is -0.142. The fraction of sp³-hybridized carbons (Fsp3) is 0.419. The number of ether oxygens (including phenoxy) is 2. The fourth-order valence-corrected chi connectivity index (χ4v) is 11.5. The molecule has 3 aliphatic rings. The van der Waals surface area contributed by atoms with E-state index < -0.39 is 156 Å². The second-order valence-corrected chi connectivity index (χ2v) is 23.6. The number of phenolic OH excluding ortho intramolecular Hbond substituents is 3. The number of amides is 11. The number of nitrogens with zero attached hydrogens (tertiary/aromatic N) is 1. The third kappa shape index (κ3) is 16.9. The second kappa shape index (κ2) is 31.8. The van der Waals surface area contributed by atoms with Gasteiger partial charge in [0, 0.05) is 65.4 Å². The number of benzene rings is 4. The molecule has 1 fully saturated rings. The number of phenols is 3. The zero-order valence-electron chi connectivity index (χ0n) is 51.3. The Hall–Kier alpha value is -9.66. The van der Waals surface area contributed by atoms with Crippen molar-refractivity contribution in [1.29, 1.82) is 0 Å². The highest BCUT2D eigenvalue weighted by Crippen LogP contribution is 2.57. The number of nitrogens with one attached hydrogen (secondary N) is 8. The number of hydrogen-bond acceptors (Lipinski definition) is 21. The van der Waals surface area contributed by atoms with Crippen molar-refractivity contribution < 1.29 is 87.4 Å². The molecular weight excluding hydrogens is 1260 g/mol. The van der Waals surface area contributed by atoms with E-state index >= 15 is 0 Å². The van der Waals surface area contributed by atoms with Crippen molar-refractivity contribution in [1.82, 2.24) is 47.4 Å². The minimum absolute atomic E-state index is 0.000554. The van der Waals surface area contributed by atoms with Gasteiger partial charge >= 0.3 is 5.97 Å². The lowest BCUT2D eigenvalue weighted by Crippen LogP contribution is -2.63. The van der Waals surface area contributed by atoms with Gasteiger partial charge in [-0.1, -0.05) is 38.5 Å². The molecule has 0 radical (unpaired) electrons. The Balaban J connectivity index is 1.00. The monoisotopic (exact) mass is 1340 g/mol. The summed E-state index contributed by atoms with van der Waals surface area (Å²) < 4.78 is 12.2. The van der Waals surface area contributed by atoms with Crippen molar-refractivity contribution in [2.45, 2.75) is 126 Å². The van der Waals surface area contributed by atoms with Crippen molar-refractivity contribution >= 4 is 96.2 Å². The molecule has 10 atom stereocenters. The van der Waals surface area contributed by atoms with Crippen LogP contribution in [0, 0.1) is 5.92 Å². The van der Waals surface area contributed by atoms with Gasteiger partial charge in [-0.3, -0.25) is 52.7 Å². The summed E-state index contributed by atoms with van der Waals surface area (Å²) in [6, 6.07) is 6.71. The molecule has 0 bridgehead atoms. The first kappa shape index (κ1) is 71.8. The average Bonchev–Trinajstić information content (AvgIpc) is 1.44. The molecule has 3 aliphatic heterocycles. The maximum absolute atomic E-state index is 14.3. The van der Waals surface area contributed by atoms with Crippen LogP contribution in [-0.4, -0.2) is 182 Å². The number of carbonyl (C=O) groups is 12. The molecule has 0 aromatic heterocycles. The molecule has 94 heavy (non-hydrogen) atoms. The summed E-state index contributed by atoms with van der Waals surface area (Å²) in [5, 5.41) is 61.5. The first-order valence-corrected chi connectivity index (χ1v) is 31.3. The number of fused-ring (bicyclic) bond motifs is 6. The molecule has 7 rings (SSSR count). The number of thiol groups is 2. The van der Waals surface area contributed by atoms with Gasteiger partial charge in [0.1, 0.15) is 71.0 Å². The van der Waals surface area contributed by atoms with E-state index in [2.05, 4.69) is 67.8 Å². The number of carbonyl (C=O) groups excluding carboxylic acids is 12. The van der Waals surface area contributed by atoms with Gasteiger partial charge in [-0.2, -0.15) is 25.3 Å². The third-order valence-corrected chi connectivity index (χ3v) is 16.9. The molecular formula is C62H76N12O18S2. The van der Waals surface area contributed by atoms with E-state index in [1.54, 1.807) is 13.8 Å². The van der Waals surface area contributed by atoms with Gasteiger partial charge < -0.3 is 94.5 Å². The molecule has 11 amide bonds. The summed E-state index contributed by atoms with van der Waals surface area (Å²) in [4.78, 5) is 164. The molecule has 4 aromatic rings. The van der Waals surface area contributed by atoms with E-state index in [9.17, 15) is 78.0 Å². The number of rotatable bonds is 30. The van der Waals surface area contributed by atoms with E-state index in [1.807, 2.05) is 0 Å². The van der Waals surface area contributed by atoms with Crippen molar-refractivity contribution in [3.63, 3.8) is 0 Å². The van der Waals surface area contributed by atoms with Crippen molar-refractivity contribution in [2.24, 2.45) is 23.1 Å². The van der Waals surface area contributed by atoms with Gasteiger partial charge in [0.15, 0.2) is 5.60 Å². The van der Waals surface area contributed by atoms with Gasteiger partial charge in [-0.15, -0.1) is 0 Å². The highest BCUT2D eigenvalue weighted by Gasteiger charge is 2.55. The van der Waals surface area contributed by atoms with Crippen LogP contribution in [0.4, 0.5) is 0 Å². The molecule has 0 saturated carbocycles. The Morgan fingerprint density at radius 1 is 0.681 bits per heavy atom. The van der Waals surface area contributed by atoms with Crippen LogP contribution in [0.25, 0.3) is 0 Å². The number of aliphatic hydroxyl groups excluding tert-OH is 1. The second-order valence-electron chi connectivity index (χ2n) is 22.9. The minimum Gasteiger partial charge on any atom is -0.508 e. The van der Waals surface area contributed by atoms with Gasteiger partial charge in [0.05, 0.1) is 30.7 Å². The van der Waals surface area contributed by atoms with Crippen LogP contribution in [0.1, 0.15) is 102 Å². The Morgan fingerprint density at radius 3 is 1.87 bits per heavy atom. The van der Waals surface area contributed by atoms with E-state index in [0.717, 1.165) is 11.8 Å². The fourth-order valence-electron chi connectivity index (χ4n) is 11.1. The van der Waals surface area contributed by atoms with Crippen LogP contribution >= 0.6 is 25.3 Å². The van der Waals surface area contributed by atoms with Gasteiger partial charge in [-0.05, 0) is 92.6 Å². The SMILES string of the molecule is CC[C@H](C)[C@H](NC(=O)[C@H](Cc1ccc(O)cc1)NC(=O)[C@@H](N)CS)C(=O)N[C@H](C(=O)N[C@@H](CC(N)=O)C(=O)N[C@@H](CS)C(=O)N1CCC[C@H]1C(=O)N[C@@H](CCCNC(=O)c1cccc2c1C1(OC2=O)c2ccc(O)cc2Oc2cc(O)ccc21)C(=O)NCC(N)=O)[C@@H](C)O. The standard InChI is InChI=1S/C62H76N12O18S2/c1-4-29(2)50(72-56(85)41(69-53(82)39(63)27-93)22-31-12-14-32(76)15-13-31)58(87)73-51(30(3)75)59(88)70-42(25-47(64)79)55(84)71-43(28-94)60(89)74-21-7-11-44(74)57(86)68-40(54(83)67-26-48(65)80)10-6-20-66-52(81)35-8-5-9-36-49(35)62(92-61(36)90)37-18-16-33(77)23-45(37)91-46-24-34(78)17-19-38(46)62/h5,8-9,12-19,23-24,29-30,39-44,50-51,75-78,93-94H,4,6-7,10-11,20-22,25-28,63H2,1-3H3,(H2,64,79)(H2,65,80)(H,66,81)(H,67,83)(H,68,86)(H,69,82)(H,70,88)(H,71,84)(H,72,85)(H,73,87)/t29-,30+,39-,40-,41-,42-,43-,44-,50-,51-/m0/s1. The predicted octanol–water partition coefficient (Wildman–Crippen LogP) is -1.89. The largest absolute Gasteiger partial charge is 0.508 e. The Labute approximate surface area is 549 Å². The van der Waals surface area contributed by atoms with Crippen LogP contribution in [0.3, 0.4) is 0 Å². The van der Waals surface area contributed by atoms with Crippen LogP contribution in [-0.2, 0) is 64.7 Å². The molecule has 4 aromatic carbocycles. The number of nitrogens with two attached hydrogens (primary N) is 3. The average molecular weight is 1340 g/mol. The van der Waals surface area contributed by atoms with Crippen molar-refractivity contribution in [3.05, 3.63) is 112 Å². The highest BCUT2D eigenvalue weighted by atomic mass is 32.1. The summed E-state index contributed by atoms with van der Waals surface area (Å²) >= 11 is 8.33. The predicted molar refractivity (Wildman–Crippen MR) is 341 cm³/mol. The zero-order chi connectivity index (χ0) is 68.9. The lowest BCUT2D eigenvalue weighted by Gasteiger charge is -2.37. The van der Waals surface area contributed by atoms with Gasteiger partial charge in [0.25, 0.3) is 5.91 Å². The first-order chi connectivity index (χ1) is 44.6. The molecule has 0 unspecified atom stereocenters. The quantitative estimate of drug-likeness (QED) is 0.0154. The summed E-state index contributed by atoms with van der Waals surface area (Å²) in [6.07, 6.45) is -2.24. The summed E-state index contributed by atoms with van der Waals surface area (Å²) in [5.74, 6) is -12.3. The molecule has 18 N–H and O–H groups in total. The Bertz CT molecular complexity index is 3530. The van der Waals surface area contributed by atoms with Crippen molar-refractivity contribution in [2.75, 3.05) is 31.1 Å². The maximum atomic E-state index is 14.3. The van der Waals surface area contributed by atoms with Crippen LogP contribution < -0.4 is 64.5 Å². The number of hydrogen-bond donors (Lipinski definition) is 17. The molecule has 504 valence electrons. The Morgan fingerprint density at radius 2 is 1.28 bits per heavy atom. The topological polar surface area (TPSA) is 482 Å². The number of likely N-dealkylation sites (tertiary alicyclic amines) is 1.